The van der Waals surface area contributed by atoms with E-state index >= 15 is 0 Å². The van der Waals surface area contributed by atoms with Gasteiger partial charge in [0.15, 0.2) is 0 Å². The third-order valence-corrected chi connectivity index (χ3v) is 5.47. The summed E-state index contributed by atoms with van der Waals surface area (Å²) in [4.78, 5) is 27.5. The van der Waals surface area contributed by atoms with Gasteiger partial charge in [0.2, 0.25) is 5.91 Å². The summed E-state index contributed by atoms with van der Waals surface area (Å²) < 4.78 is 5.02. The Kier molecular flexibility index (Phi) is 6.22. The van der Waals surface area contributed by atoms with Crippen LogP contribution < -0.4 is 5.32 Å². The van der Waals surface area contributed by atoms with Gasteiger partial charge in [0, 0.05) is 18.8 Å². The fourth-order valence-electron chi connectivity index (χ4n) is 3.86. The van der Waals surface area contributed by atoms with E-state index in [-0.39, 0.29) is 17.7 Å². The Balaban J connectivity index is 1.77. The summed E-state index contributed by atoms with van der Waals surface area (Å²) in [6.07, 6.45) is 4.57. The lowest BCUT2D eigenvalue weighted by Gasteiger charge is -2.32. The van der Waals surface area contributed by atoms with Crippen molar-refractivity contribution in [1.29, 1.82) is 0 Å². The van der Waals surface area contributed by atoms with Crippen molar-refractivity contribution in [1.82, 2.24) is 4.90 Å². The van der Waals surface area contributed by atoms with Crippen molar-refractivity contribution < 1.29 is 14.0 Å². The highest BCUT2D eigenvalue weighted by atomic mass is 16.3. The third-order valence-electron chi connectivity index (χ3n) is 5.47. The number of furan rings is 1. The Morgan fingerprint density at radius 3 is 2.36 bits per heavy atom. The first-order chi connectivity index (χ1) is 13.4. The van der Waals surface area contributed by atoms with Crippen molar-refractivity contribution in [3.8, 4) is 0 Å². The van der Waals surface area contributed by atoms with Crippen LogP contribution >= 0.6 is 0 Å². The number of amides is 2. The van der Waals surface area contributed by atoms with Gasteiger partial charge < -0.3 is 14.6 Å². The number of nitrogens with one attached hydrogen (secondary N) is 1. The molecule has 1 aromatic carbocycles. The standard InChI is InChI=1S/C23H30N2O3/c1-15(2)19-8-5-9-20(16(3)4)21(19)24-22(26)17-7-6-11-25(13-17)23(27)18-10-12-28-14-18/h5,8-10,12,14-17H,6-7,11,13H2,1-4H3,(H,24,26). The zero-order valence-electron chi connectivity index (χ0n) is 17.2. The molecule has 1 saturated heterocycles. The van der Waals surface area contributed by atoms with Crippen LogP contribution in [0.1, 0.15) is 73.9 Å². The highest BCUT2D eigenvalue weighted by Gasteiger charge is 2.30. The molecule has 2 aromatic rings. The van der Waals surface area contributed by atoms with Gasteiger partial charge in [-0.25, -0.2) is 0 Å². The maximum absolute atomic E-state index is 13.1. The van der Waals surface area contributed by atoms with Gasteiger partial charge in [0.1, 0.15) is 6.26 Å². The second kappa shape index (κ2) is 8.63. The molecular weight excluding hydrogens is 352 g/mol. The summed E-state index contributed by atoms with van der Waals surface area (Å²) in [5, 5.41) is 3.21. The Labute approximate surface area is 167 Å². The molecule has 1 aromatic heterocycles. The number of anilines is 1. The highest BCUT2D eigenvalue weighted by molar-refractivity contribution is 5.97. The lowest BCUT2D eigenvalue weighted by Crippen LogP contribution is -2.43. The molecule has 1 aliphatic rings. The minimum absolute atomic E-state index is 0.000284. The van der Waals surface area contributed by atoms with E-state index in [2.05, 4.69) is 51.2 Å². The second-order valence-corrected chi connectivity index (χ2v) is 8.21. The molecule has 2 heterocycles. The smallest absolute Gasteiger partial charge is 0.257 e. The van der Waals surface area contributed by atoms with Crippen molar-refractivity contribution in [2.24, 2.45) is 5.92 Å². The molecule has 28 heavy (non-hydrogen) atoms. The number of rotatable bonds is 5. The summed E-state index contributed by atoms with van der Waals surface area (Å²) in [7, 11) is 0. The molecule has 0 saturated carbocycles. The minimum Gasteiger partial charge on any atom is -0.472 e. The van der Waals surface area contributed by atoms with E-state index in [9.17, 15) is 9.59 Å². The molecule has 2 amide bonds. The number of carbonyl (C=O) groups excluding carboxylic acids is 2. The predicted octanol–water partition coefficient (Wildman–Crippen LogP) is 5.02. The van der Waals surface area contributed by atoms with E-state index in [0.29, 0.717) is 30.5 Å². The summed E-state index contributed by atoms with van der Waals surface area (Å²) >= 11 is 0. The maximum Gasteiger partial charge on any atom is 0.257 e. The number of nitrogens with zero attached hydrogens (tertiary/aromatic N) is 1. The van der Waals surface area contributed by atoms with E-state index in [4.69, 9.17) is 4.42 Å². The Morgan fingerprint density at radius 1 is 1.11 bits per heavy atom. The summed E-state index contributed by atoms with van der Waals surface area (Å²) in [6, 6.07) is 7.90. The number of hydrogen-bond donors (Lipinski definition) is 1. The van der Waals surface area contributed by atoms with Crippen LogP contribution in [0.3, 0.4) is 0 Å². The van der Waals surface area contributed by atoms with Gasteiger partial charge in [0.05, 0.1) is 17.7 Å². The number of para-hydroxylation sites is 1. The van der Waals surface area contributed by atoms with E-state index in [1.54, 1.807) is 11.0 Å². The molecule has 0 spiro atoms. The van der Waals surface area contributed by atoms with Gasteiger partial charge in [-0.1, -0.05) is 45.9 Å². The van der Waals surface area contributed by atoms with E-state index in [0.717, 1.165) is 29.7 Å². The highest BCUT2D eigenvalue weighted by Crippen LogP contribution is 2.33. The Morgan fingerprint density at radius 2 is 1.79 bits per heavy atom. The zero-order valence-corrected chi connectivity index (χ0v) is 17.2. The van der Waals surface area contributed by atoms with Gasteiger partial charge in [-0.2, -0.15) is 0 Å². The molecule has 150 valence electrons. The molecule has 1 fully saturated rings. The van der Waals surface area contributed by atoms with Crippen LogP contribution in [0.4, 0.5) is 5.69 Å². The lowest BCUT2D eigenvalue weighted by molar-refractivity contribution is -0.121. The van der Waals surface area contributed by atoms with Crippen LogP contribution in [0.15, 0.2) is 41.2 Å². The lowest BCUT2D eigenvalue weighted by atomic mass is 9.91. The predicted molar refractivity (Wildman–Crippen MR) is 111 cm³/mol. The van der Waals surface area contributed by atoms with Crippen LogP contribution in [0.5, 0.6) is 0 Å². The minimum atomic E-state index is -0.204. The van der Waals surface area contributed by atoms with Crippen molar-refractivity contribution in [2.75, 3.05) is 18.4 Å². The summed E-state index contributed by atoms with van der Waals surface area (Å²) in [5.74, 6) is 0.361. The topological polar surface area (TPSA) is 62.6 Å². The molecule has 1 atom stereocenters. The molecular formula is C23H30N2O3. The number of likely N-dealkylation sites (tertiary alicyclic amines) is 1. The number of carbonyl (C=O) groups is 2. The number of benzene rings is 1. The number of piperidine rings is 1. The van der Waals surface area contributed by atoms with Crippen LogP contribution in [0.25, 0.3) is 0 Å². The fraction of sp³-hybridized carbons (Fsp3) is 0.478. The largest absolute Gasteiger partial charge is 0.472 e. The SMILES string of the molecule is CC(C)c1cccc(C(C)C)c1NC(=O)C1CCCN(C(=O)c2ccoc2)C1. The molecule has 5 nitrogen and oxygen atoms in total. The Bertz CT molecular complexity index is 798. The van der Waals surface area contributed by atoms with Gasteiger partial charge in [-0.05, 0) is 41.9 Å². The van der Waals surface area contributed by atoms with Gasteiger partial charge >= 0.3 is 0 Å². The van der Waals surface area contributed by atoms with E-state index in [1.807, 2.05) is 0 Å². The zero-order chi connectivity index (χ0) is 20.3. The summed E-state index contributed by atoms with van der Waals surface area (Å²) in [5.41, 5.74) is 3.78. The van der Waals surface area contributed by atoms with Crippen molar-refractivity contribution in [3.05, 3.63) is 53.5 Å². The quantitative estimate of drug-likeness (QED) is 0.790. The first kappa shape index (κ1) is 20.2. The first-order valence-corrected chi connectivity index (χ1v) is 10.1. The second-order valence-electron chi connectivity index (χ2n) is 8.21. The average molecular weight is 383 g/mol. The van der Waals surface area contributed by atoms with Crippen LogP contribution in [0.2, 0.25) is 0 Å². The van der Waals surface area contributed by atoms with Crippen molar-refractivity contribution in [2.45, 2.75) is 52.4 Å². The fourth-order valence-corrected chi connectivity index (χ4v) is 3.86. The van der Waals surface area contributed by atoms with Crippen LogP contribution in [-0.2, 0) is 4.79 Å². The Hall–Kier alpha value is -2.56. The monoisotopic (exact) mass is 382 g/mol. The normalized spacial score (nSPS) is 17.2. The van der Waals surface area contributed by atoms with Crippen LogP contribution in [-0.4, -0.2) is 29.8 Å². The average Bonchev–Trinajstić information content (AvgIpc) is 3.22. The van der Waals surface area contributed by atoms with Crippen LogP contribution in [0, 0.1) is 5.92 Å². The van der Waals surface area contributed by atoms with Gasteiger partial charge in [-0.3, -0.25) is 9.59 Å². The van der Waals surface area contributed by atoms with Crippen molar-refractivity contribution in [3.63, 3.8) is 0 Å². The van der Waals surface area contributed by atoms with Crippen molar-refractivity contribution >= 4 is 17.5 Å². The molecule has 0 bridgehead atoms. The number of hydrogen-bond acceptors (Lipinski definition) is 3. The third kappa shape index (κ3) is 4.29. The van der Waals surface area contributed by atoms with Gasteiger partial charge in [-0.15, -0.1) is 0 Å². The molecule has 0 aliphatic carbocycles. The molecule has 1 aliphatic heterocycles. The summed E-state index contributed by atoms with van der Waals surface area (Å²) in [6.45, 7) is 9.68. The molecule has 0 radical (unpaired) electrons. The van der Waals surface area contributed by atoms with E-state index in [1.165, 1.54) is 12.5 Å². The molecule has 3 rings (SSSR count). The molecule has 5 heteroatoms. The maximum atomic E-state index is 13.1. The van der Waals surface area contributed by atoms with E-state index < -0.39 is 0 Å². The van der Waals surface area contributed by atoms with Gasteiger partial charge in [0.25, 0.3) is 5.91 Å². The molecule has 1 N–H and O–H groups in total. The first-order valence-electron chi connectivity index (χ1n) is 10.1. The molecule has 1 unspecified atom stereocenters.